The molecule has 0 aliphatic rings. The number of carbonyl (C=O) groups excluding carboxylic acids is 1. The van der Waals surface area contributed by atoms with Crippen LogP contribution in [0.25, 0.3) is 0 Å². The molecule has 2 N–H and O–H groups in total. The van der Waals surface area contributed by atoms with Gasteiger partial charge in [-0.15, -0.1) is 0 Å². The molecule has 0 saturated heterocycles. The van der Waals surface area contributed by atoms with Gasteiger partial charge in [0.2, 0.25) is 0 Å². The van der Waals surface area contributed by atoms with E-state index in [0.29, 0.717) is 24.7 Å². The van der Waals surface area contributed by atoms with E-state index in [0.717, 1.165) is 6.42 Å². The Labute approximate surface area is 84.0 Å². The molecular weight excluding hydrogens is 188 g/mol. The molecule has 0 aromatic heterocycles. The van der Waals surface area contributed by atoms with Crippen LogP contribution < -0.4 is 5.73 Å². The summed E-state index contributed by atoms with van der Waals surface area (Å²) in [6, 6.07) is 0. The van der Waals surface area contributed by atoms with Crippen molar-refractivity contribution in [2.45, 2.75) is 20.3 Å². The molecule has 5 heteroatoms. The normalized spacial score (nSPS) is 9.38. The summed E-state index contributed by atoms with van der Waals surface area (Å²) in [6.45, 7) is 5.03. The van der Waals surface area contributed by atoms with Gasteiger partial charge < -0.3 is 15.4 Å². The van der Waals surface area contributed by atoms with Crippen LogP contribution in [0, 0.1) is 0 Å². The van der Waals surface area contributed by atoms with E-state index in [1.165, 1.54) is 4.90 Å². The molecule has 0 bridgehead atoms. The molecule has 0 heterocycles. The second kappa shape index (κ2) is 6.65. The number of nitrogens with two attached hydrogens (primary N) is 1. The van der Waals surface area contributed by atoms with Gasteiger partial charge in [-0.25, -0.2) is 4.79 Å². The van der Waals surface area contributed by atoms with Crippen LogP contribution in [0.2, 0.25) is 0 Å². The fourth-order valence-corrected chi connectivity index (χ4v) is 1.06. The maximum atomic E-state index is 11.3. The van der Waals surface area contributed by atoms with Crippen LogP contribution in [0.4, 0.5) is 4.79 Å². The molecule has 0 saturated carbocycles. The van der Waals surface area contributed by atoms with Crippen molar-refractivity contribution in [2.24, 2.45) is 5.73 Å². The van der Waals surface area contributed by atoms with Crippen LogP contribution >= 0.6 is 12.2 Å². The number of thiocarbonyl (C=S) groups is 1. The first kappa shape index (κ1) is 12.2. The van der Waals surface area contributed by atoms with E-state index >= 15 is 0 Å². The fraction of sp³-hybridized carbons (Fsp3) is 0.750. The topological polar surface area (TPSA) is 55.6 Å². The predicted molar refractivity (Wildman–Crippen MR) is 55.7 cm³/mol. The van der Waals surface area contributed by atoms with E-state index < -0.39 is 0 Å². The molecule has 0 spiro atoms. The minimum absolute atomic E-state index is 0.294. The van der Waals surface area contributed by atoms with E-state index in [1.54, 1.807) is 6.92 Å². The number of amides is 1. The Hall–Kier alpha value is -0.840. The summed E-state index contributed by atoms with van der Waals surface area (Å²) >= 11 is 4.72. The highest BCUT2D eigenvalue weighted by Crippen LogP contribution is 1.96. The predicted octanol–water partition coefficient (Wildman–Crippen LogP) is 1.14. The monoisotopic (exact) mass is 204 g/mol. The molecule has 0 atom stereocenters. The van der Waals surface area contributed by atoms with Crippen molar-refractivity contribution in [2.75, 3.05) is 19.7 Å². The molecule has 76 valence electrons. The number of rotatable bonds is 5. The highest BCUT2D eigenvalue weighted by Gasteiger charge is 2.13. The molecule has 4 nitrogen and oxygen atoms in total. The molecule has 0 aliphatic heterocycles. The van der Waals surface area contributed by atoms with Crippen LogP contribution in [0.15, 0.2) is 0 Å². The average Bonchev–Trinajstić information content (AvgIpc) is 2.03. The van der Waals surface area contributed by atoms with Gasteiger partial charge in [0.05, 0.1) is 18.1 Å². The number of carbonyl (C=O) groups is 1. The molecule has 0 radical (unpaired) electrons. The standard InChI is InChI=1S/C8H16N2O2S/c1-3-5-10(6-7(9)13)8(11)12-4-2/h3-6H2,1-2H3,(H2,9,13). The zero-order valence-corrected chi connectivity index (χ0v) is 8.89. The molecule has 0 rings (SSSR count). The van der Waals surface area contributed by atoms with Gasteiger partial charge in [-0.2, -0.15) is 0 Å². The number of hydrogen-bond donors (Lipinski definition) is 1. The smallest absolute Gasteiger partial charge is 0.410 e. The SMILES string of the molecule is CCCN(CC(N)=S)C(=O)OCC. The summed E-state index contributed by atoms with van der Waals surface area (Å²) in [6.07, 6.45) is 0.513. The highest BCUT2D eigenvalue weighted by atomic mass is 32.1. The molecule has 0 aromatic rings. The first-order valence-electron chi connectivity index (χ1n) is 4.31. The van der Waals surface area contributed by atoms with Crippen molar-refractivity contribution in [3.63, 3.8) is 0 Å². The van der Waals surface area contributed by atoms with Gasteiger partial charge in [-0.1, -0.05) is 19.1 Å². The van der Waals surface area contributed by atoms with E-state index in [9.17, 15) is 4.79 Å². The first-order chi connectivity index (χ1) is 6.11. The van der Waals surface area contributed by atoms with Crippen LogP contribution in [-0.2, 0) is 4.74 Å². The maximum absolute atomic E-state index is 11.3. The largest absolute Gasteiger partial charge is 0.450 e. The van der Waals surface area contributed by atoms with Gasteiger partial charge in [0.1, 0.15) is 0 Å². The Morgan fingerprint density at radius 2 is 2.15 bits per heavy atom. The molecule has 13 heavy (non-hydrogen) atoms. The van der Waals surface area contributed by atoms with E-state index in [-0.39, 0.29) is 6.09 Å². The van der Waals surface area contributed by atoms with Crippen molar-refractivity contribution in [3.05, 3.63) is 0 Å². The lowest BCUT2D eigenvalue weighted by atomic mass is 10.4. The minimum Gasteiger partial charge on any atom is -0.450 e. The maximum Gasteiger partial charge on any atom is 0.410 e. The van der Waals surface area contributed by atoms with E-state index in [2.05, 4.69) is 0 Å². The van der Waals surface area contributed by atoms with Crippen molar-refractivity contribution in [1.82, 2.24) is 4.90 Å². The molecule has 1 amide bonds. The van der Waals surface area contributed by atoms with Crippen LogP contribution in [0.1, 0.15) is 20.3 Å². The van der Waals surface area contributed by atoms with Crippen molar-refractivity contribution >= 4 is 23.3 Å². The van der Waals surface area contributed by atoms with Gasteiger partial charge in [-0.05, 0) is 13.3 Å². The third-order valence-electron chi connectivity index (χ3n) is 1.37. The Bertz CT molecular complexity index is 185. The summed E-state index contributed by atoms with van der Waals surface area (Å²) in [5.74, 6) is 0. The van der Waals surface area contributed by atoms with Gasteiger partial charge in [0.15, 0.2) is 0 Å². The van der Waals surface area contributed by atoms with E-state index in [1.807, 2.05) is 6.92 Å². The number of ether oxygens (including phenoxy) is 1. The third kappa shape index (κ3) is 5.41. The summed E-state index contributed by atoms with van der Waals surface area (Å²) in [5, 5.41) is 0. The van der Waals surface area contributed by atoms with E-state index in [4.69, 9.17) is 22.7 Å². The summed E-state index contributed by atoms with van der Waals surface area (Å²) in [4.78, 5) is 13.1. The molecule has 0 unspecified atom stereocenters. The zero-order chi connectivity index (χ0) is 10.3. The third-order valence-corrected chi connectivity index (χ3v) is 1.50. The second-order valence-electron chi connectivity index (χ2n) is 2.59. The first-order valence-corrected chi connectivity index (χ1v) is 4.72. The Morgan fingerprint density at radius 3 is 2.54 bits per heavy atom. The van der Waals surface area contributed by atoms with Gasteiger partial charge >= 0.3 is 6.09 Å². The summed E-state index contributed by atoms with van der Waals surface area (Å²) in [7, 11) is 0. The van der Waals surface area contributed by atoms with Crippen LogP contribution in [-0.4, -0.2) is 35.7 Å². The van der Waals surface area contributed by atoms with Crippen LogP contribution in [0.5, 0.6) is 0 Å². The van der Waals surface area contributed by atoms with Gasteiger partial charge in [0, 0.05) is 6.54 Å². The lowest BCUT2D eigenvalue weighted by molar-refractivity contribution is 0.113. The lowest BCUT2D eigenvalue weighted by Gasteiger charge is -2.20. The van der Waals surface area contributed by atoms with Crippen molar-refractivity contribution in [1.29, 1.82) is 0 Å². The summed E-state index contributed by atoms with van der Waals surface area (Å²) in [5.41, 5.74) is 5.34. The molecular formula is C8H16N2O2S. The second-order valence-corrected chi connectivity index (χ2v) is 3.11. The highest BCUT2D eigenvalue weighted by molar-refractivity contribution is 7.80. The average molecular weight is 204 g/mol. The molecule has 0 aromatic carbocycles. The number of nitrogens with zero attached hydrogens (tertiary/aromatic N) is 1. The van der Waals surface area contributed by atoms with Crippen molar-refractivity contribution in [3.8, 4) is 0 Å². The fourth-order valence-electron chi connectivity index (χ4n) is 0.908. The Kier molecular flexibility index (Phi) is 6.22. The summed E-state index contributed by atoms with van der Waals surface area (Å²) < 4.78 is 4.83. The zero-order valence-electron chi connectivity index (χ0n) is 8.08. The van der Waals surface area contributed by atoms with Crippen LogP contribution in [0.3, 0.4) is 0 Å². The minimum atomic E-state index is -0.350. The molecule has 0 fully saturated rings. The quantitative estimate of drug-likeness (QED) is 0.682. The van der Waals surface area contributed by atoms with Crippen molar-refractivity contribution < 1.29 is 9.53 Å². The Morgan fingerprint density at radius 1 is 1.54 bits per heavy atom. The molecule has 0 aliphatic carbocycles. The van der Waals surface area contributed by atoms with Gasteiger partial charge in [0.25, 0.3) is 0 Å². The number of hydrogen-bond acceptors (Lipinski definition) is 3. The van der Waals surface area contributed by atoms with Gasteiger partial charge in [-0.3, -0.25) is 0 Å². The lowest BCUT2D eigenvalue weighted by Crippen LogP contribution is -2.38. The Balaban J connectivity index is 4.06.